The molecule has 1 aromatic carbocycles. The van der Waals surface area contributed by atoms with Crippen molar-refractivity contribution < 1.29 is 4.74 Å². The van der Waals surface area contributed by atoms with Crippen molar-refractivity contribution in [1.29, 1.82) is 0 Å². The number of methoxy groups -OCH3 is 1. The Hall–Kier alpha value is -1.39. The summed E-state index contributed by atoms with van der Waals surface area (Å²) < 4.78 is 6.33. The Morgan fingerprint density at radius 2 is 2.17 bits per heavy atom. The summed E-state index contributed by atoms with van der Waals surface area (Å²) in [7, 11) is 1.65. The van der Waals surface area contributed by atoms with Gasteiger partial charge in [0.1, 0.15) is 5.75 Å². The zero-order chi connectivity index (χ0) is 13.0. The van der Waals surface area contributed by atoms with Gasteiger partial charge in [0, 0.05) is 34.4 Å². The predicted octanol–water partition coefficient (Wildman–Crippen LogP) is 3.10. The number of pyridine rings is 1. The lowest BCUT2D eigenvalue weighted by atomic mass is 10.0. The maximum absolute atomic E-state index is 6.22. The molecule has 0 bridgehead atoms. The zero-order valence-corrected chi connectivity index (χ0v) is 11.7. The molecule has 0 aliphatic rings. The number of aromatic nitrogens is 1. The van der Waals surface area contributed by atoms with E-state index in [1.165, 1.54) is 0 Å². The summed E-state index contributed by atoms with van der Waals surface area (Å²) in [4.78, 5) is 4.29. The van der Waals surface area contributed by atoms with Gasteiger partial charge < -0.3 is 10.5 Å². The first-order valence-electron chi connectivity index (χ1n) is 5.69. The molecule has 0 saturated heterocycles. The standard InChI is InChI=1S/C14H15BrN2O/c1-18-14-8-10(15)5-6-12(14)13(16)9-11-4-2-3-7-17-11/h2-8,13H,9,16H2,1H3. The van der Waals surface area contributed by atoms with E-state index >= 15 is 0 Å². The highest BCUT2D eigenvalue weighted by atomic mass is 79.9. The van der Waals surface area contributed by atoms with Crippen molar-refractivity contribution in [1.82, 2.24) is 4.98 Å². The Morgan fingerprint density at radius 3 is 2.83 bits per heavy atom. The van der Waals surface area contributed by atoms with E-state index < -0.39 is 0 Å². The molecular weight excluding hydrogens is 292 g/mol. The predicted molar refractivity (Wildman–Crippen MR) is 75.6 cm³/mol. The summed E-state index contributed by atoms with van der Waals surface area (Å²) >= 11 is 3.42. The van der Waals surface area contributed by atoms with Crippen LogP contribution in [0.2, 0.25) is 0 Å². The molecule has 2 N–H and O–H groups in total. The van der Waals surface area contributed by atoms with Gasteiger partial charge in [0.25, 0.3) is 0 Å². The number of halogens is 1. The molecule has 0 spiro atoms. The van der Waals surface area contributed by atoms with Crippen LogP contribution in [0, 0.1) is 0 Å². The molecule has 0 fully saturated rings. The second kappa shape index (κ2) is 5.98. The zero-order valence-electron chi connectivity index (χ0n) is 10.1. The molecule has 0 radical (unpaired) electrons. The van der Waals surface area contributed by atoms with Crippen molar-refractivity contribution >= 4 is 15.9 Å². The molecule has 0 saturated carbocycles. The van der Waals surface area contributed by atoms with E-state index in [4.69, 9.17) is 10.5 Å². The normalized spacial score (nSPS) is 12.2. The largest absolute Gasteiger partial charge is 0.496 e. The molecule has 2 rings (SSSR count). The molecule has 1 aromatic heterocycles. The minimum Gasteiger partial charge on any atom is -0.496 e. The highest BCUT2D eigenvalue weighted by Crippen LogP contribution is 2.28. The van der Waals surface area contributed by atoms with Crippen LogP contribution < -0.4 is 10.5 Å². The Balaban J connectivity index is 2.21. The summed E-state index contributed by atoms with van der Waals surface area (Å²) in [5.41, 5.74) is 8.19. The number of nitrogens with zero attached hydrogens (tertiary/aromatic N) is 1. The lowest BCUT2D eigenvalue weighted by Crippen LogP contribution is -2.15. The number of hydrogen-bond acceptors (Lipinski definition) is 3. The molecule has 0 aliphatic carbocycles. The van der Waals surface area contributed by atoms with E-state index in [1.54, 1.807) is 13.3 Å². The Labute approximate surface area is 115 Å². The summed E-state index contributed by atoms with van der Waals surface area (Å²) in [6, 6.07) is 11.6. The maximum atomic E-state index is 6.22. The van der Waals surface area contributed by atoms with Gasteiger partial charge in [-0.3, -0.25) is 4.98 Å². The van der Waals surface area contributed by atoms with Crippen molar-refractivity contribution in [3.05, 3.63) is 58.3 Å². The van der Waals surface area contributed by atoms with Gasteiger partial charge in [-0.2, -0.15) is 0 Å². The number of hydrogen-bond donors (Lipinski definition) is 1. The van der Waals surface area contributed by atoms with Crippen LogP contribution in [0.25, 0.3) is 0 Å². The first kappa shape index (κ1) is 13.1. The lowest BCUT2D eigenvalue weighted by Gasteiger charge is -2.15. The van der Waals surface area contributed by atoms with E-state index in [2.05, 4.69) is 20.9 Å². The third-order valence-corrected chi connectivity index (χ3v) is 3.24. The molecule has 1 unspecified atom stereocenters. The lowest BCUT2D eigenvalue weighted by molar-refractivity contribution is 0.405. The molecule has 1 atom stereocenters. The first-order valence-corrected chi connectivity index (χ1v) is 6.49. The molecular formula is C14H15BrN2O. The van der Waals surface area contributed by atoms with Gasteiger partial charge in [-0.25, -0.2) is 0 Å². The summed E-state index contributed by atoms with van der Waals surface area (Å²) in [5.74, 6) is 0.799. The van der Waals surface area contributed by atoms with Gasteiger partial charge in [-0.15, -0.1) is 0 Å². The highest BCUT2D eigenvalue weighted by Gasteiger charge is 2.13. The summed E-state index contributed by atoms with van der Waals surface area (Å²) in [6.45, 7) is 0. The number of nitrogens with two attached hydrogens (primary N) is 1. The highest BCUT2D eigenvalue weighted by molar-refractivity contribution is 9.10. The summed E-state index contributed by atoms with van der Waals surface area (Å²) in [6.07, 6.45) is 2.47. The SMILES string of the molecule is COc1cc(Br)ccc1C(N)Cc1ccccn1. The molecule has 0 amide bonds. The fourth-order valence-electron chi connectivity index (χ4n) is 1.85. The molecule has 2 aromatic rings. The van der Waals surface area contributed by atoms with E-state index in [0.29, 0.717) is 6.42 Å². The first-order chi connectivity index (χ1) is 8.70. The average Bonchev–Trinajstić information content (AvgIpc) is 2.39. The van der Waals surface area contributed by atoms with Crippen LogP contribution in [0.3, 0.4) is 0 Å². The third-order valence-electron chi connectivity index (χ3n) is 2.75. The van der Waals surface area contributed by atoms with Crippen LogP contribution in [-0.2, 0) is 6.42 Å². The second-order valence-electron chi connectivity index (χ2n) is 4.02. The Bertz CT molecular complexity index is 516. The van der Waals surface area contributed by atoms with E-state index in [-0.39, 0.29) is 6.04 Å². The molecule has 0 aliphatic heterocycles. The minimum atomic E-state index is -0.122. The van der Waals surface area contributed by atoms with Gasteiger partial charge in [0.15, 0.2) is 0 Å². The van der Waals surface area contributed by atoms with E-state index in [1.807, 2.05) is 36.4 Å². The number of rotatable bonds is 4. The monoisotopic (exact) mass is 306 g/mol. The van der Waals surface area contributed by atoms with Crippen molar-refractivity contribution in [2.45, 2.75) is 12.5 Å². The van der Waals surface area contributed by atoms with Crippen molar-refractivity contribution in [3.63, 3.8) is 0 Å². The van der Waals surface area contributed by atoms with Crippen LogP contribution in [0.15, 0.2) is 47.1 Å². The topological polar surface area (TPSA) is 48.1 Å². The quantitative estimate of drug-likeness (QED) is 0.944. The van der Waals surface area contributed by atoms with Gasteiger partial charge in [-0.1, -0.05) is 28.1 Å². The molecule has 18 heavy (non-hydrogen) atoms. The van der Waals surface area contributed by atoms with Crippen molar-refractivity contribution in [3.8, 4) is 5.75 Å². The molecule has 4 heteroatoms. The van der Waals surface area contributed by atoms with Gasteiger partial charge >= 0.3 is 0 Å². The van der Waals surface area contributed by atoms with Crippen LogP contribution in [0.1, 0.15) is 17.3 Å². The van der Waals surface area contributed by atoms with E-state index in [0.717, 1.165) is 21.5 Å². The molecule has 1 heterocycles. The Kier molecular flexibility index (Phi) is 4.33. The average molecular weight is 307 g/mol. The second-order valence-corrected chi connectivity index (χ2v) is 4.93. The fourth-order valence-corrected chi connectivity index (χ4v) is 2.19. The van der Waals surface area contributed by atoms with Gasteiger partial charge in [-0.05, 0) is 24.3 Å². The Morgan fingerprint density at radius 1 is 1.33 bits per heavy atom. The van der Waals surface area contributed by atoms with E-state index in [9.17, 15) is 0 Å². The van der Waals surface area contributed by atoms with Crippen LogP contribution >= 0.6 is 15.9 Å². The molecule has 3 nitrogen and oxygen atoms in total. The van der Waals surface area contributed by atoms with Crippen LogP contribution in [0.4, 0.5) is 0 Å². The fraction of sp³-hybridized carbons (Fsp3) is 0.214. The molecule has 94 valence electrons. The smallest absolute Gasteiger partial charge is 0.124 e. The third kappa shape index (κ3) is 3.09. The summed E-state index contributed by atoms with van der Waals surface area (Å²) in [5, 5.41) is 0. The maximum Gasteiger partial charge on any atom is 0.124 e. The number of benzene rings is 1. The minimum absolute atomic E-state index is 0.122. The van der Waals surface area contributed by atoms with Crippen molar-refractivity contribution in [2.75, 3.05) is 7.11 Å². The van der Waals surface area contributed by atoms with Crippen LogP contribution in [-0.4, -0.2) is 12.1 Å². The number of ether oxygens (including phenoxy) is 1. The van der Waals surface area contributed by atoms with Gasteiger partial charge in [0.2, 0.25) is 0 Å². The van der Waals surface area contributed by atoms with Crippen molar-refractivity contribution in [2.24, 2.45) is 5.73 Å². The van der Waals surface area contributed by atoms with Gasteiger partial charge in [0.05, 0.1) is 7.11 Å². The van der Waals surface area contributed by atoms with Crippen LogP contribution in [0.5, 0.6) is 5.75 Å².